The second kappa shape index (κ2) is 5.91. The highest BCUT2D eigenvalue weighted by Crippen LogP contribution is 2.27. The minimum atomic E-state index is -0.216. The molecule has 0 saturated heterocycles. The van der Waals surface area contributed by atoms with Crippen molar-refractivity contribution in [3.63, 3.8) is 0 Å². The van der Waals surface area contributed by atoms with Crippen molar-refractivity contribution in [3.05, 3.63) is 12.0 Å². The van der Waals surface area contributed by atoms with Crippen molar-refractivity contribution in [2.45, 2.75) is 31.7 Å². The Kier molecular flexibility index (Phi) is 4.25. The highest BCUT2D eigenvalue weighted by atomic mass is 16.6. The van der Waals surface area contributed by atoms with Crippen molar-refractivity contribution in [3.8, 4) is 0 Å². The summed E-state index contributed by atoms with van der Waals surface area (Å²) in [7, 11) is 0. The van der Waals surface area contributed by atoms with Crippen molar-refractivity contribution in [1.29, 1.82) is 0 Å². The number of nitrogens with two attached hydrogens (primary N) is 1. The van der Waals surface area contributed by atoms with Crippen molar-refractivity contribution >= 4 is 5.91 Å². The van der Waals surface area contributed by atoms with Crippen molar-refractivity contribution in [2.75, 3.05) is 19.8 Å². The second-order valence-electron chi connectivity index (χ2n) is 4.56. The smallest absolute Gasteiger partial charge is 0.289 e. The molecule has 0 aromatic rings. The highest BCUT2D eigenvalue weighted by Gasteiger charge is 2.27. The van der Waals surface area contributed by atoms with E-state index in [0.717, 1.165) is 12.8 Å². The zero-order chi connectivity index (χ0) is 12.1. The number of carbonyl (C=O) groups excluding carboxylic acids is 1. The molecule has 0 aromatic heterocycles. The van der Waals surface area contributed by atoms with Crippen LogP contribution in [-0.4, -0.2) is 31.7 Å². The van der Waals surface area contributed by atoms with Crippen LogP contribution in [0.15, 0.2) is 12.0 Å². The minimum absolute atomic E-state index is 0.0522. The molecule has 3 N–H and O–H groups in total. The van der Waals surface area contributed by atoms with Crippen molar-refractivity contribution < 1.29 is 14.3 Å². The molecule has 2 aliphatic rings. The lowest BCUT2D eigenvalue weighted by Crippen LogP contribution is -2.45. The van der Waals surface area contributed by atoms with E-state index in [9.17, 15) is 4.79 Å². The van der Waals surface area contributed by atoms with Crippen LogP contribution in [-0.2, 0) is 14.3 Å². The molecule has 5 nitrogen and oxygen atoms in total. The largest absolute Gasteiger partial charge is 0.494 e. The van der Waals surface area contributed by atoms with Gasteiger partial charge in [-0.15, -0.1) is 0 Å². The van der Waals surface area contributed by atoms with Gasteiger partial charge in [0.05, 0.1) is 0 Å². The lowest BCUT2D eigenvalue weighted by Gasteiger charge is -2.24. The van der Waals surface area contributed by atoms with Crippen LogP contribution in [0.2, 0.25) is 0 Å². The SMILES string of the molecule is NCC(NC(=O)C1=COCCO1)C1CCCC1. The van der Waals surface area contributed by atoms with Crippen LogP contribution in [0.3, 0.4) is 0 Å². The molecular weight excluding hydrogens is 220 g/mol. The third-order valence-corrected chi connectivity index (χ3v) is 3.41. The number of hydrogen-bond acceptors (Lipinski definition) is 4. The first-order valence-electron chi connectivity index (χ1n) is 6.26. The summed E-state index contributed by atoms with van der Waals surface area (Å²) < 4.78 is 10.3. The molecule has 5 heteroatoms. The zero-order valence-corrected chi connectivity index (χ0v) is 9.98. The average molecular weight is 240 g/mol. The van der Waals surface area contributed by atoms with Gasteiger partial charge in [0.2, 0.25) is 5.76 Å². The quantitative estimate of drug-likeness (QED) is 0.751. The number of hydrogen-bond donors (Lipinski definition) is 2. The first-order valence-corrected chi connectivity index (χ1v) is 6.26. The van der Waals surface area contributed by atoms with E-state index in [2.05, 4.69) is 5.32 Å². The molecule has 17 heavy (non-hydrogen) atoms. The number of amides is 1. The van der Waals surface area contributed by atoms with E-state index in [1.54, 1.807) is 0 Å². The van der Waals surface area contributed by atoms with E-state index < -0.39 is 0 Å². The van der Waals surface area contributed by atoms with Gasteiger partial charge >= 0.3 is 0 Å². The fraction of sp³-hybridized carbons (Fsp3) is 0.750. The van der Waals surface area contributed by atoms with Gasteiger partial charge in [-0.3, -0.25) is 4.79 Å². The second-order valence-corrected chi connectivity index (χ2v) is 4.56. The summed E-state index contributed by atoms with van der Waals surface area (Å²) in [5.74, 6) is 0.550. The van der Waals surface area contributed by atoms with Crippen molar-refractivity contribution in [2.24, 2.45) is 11.7 Å². The van der Waals surface area contributed by atoms with Gasteiger partial charge in [-0.2, -0.15) is 0 Å². The summed E-state index contributed by atoms with van der Waals surface area (Å²) in [4.78, 5) is 11.9. The van der Waals surface area contributed by atoms with E-state index in [1.807, 2.05) is 0 Å². The van der Waals surface area contributed by atoms with Crippen LogP contribution in [0.5, 0.6) is 0 Å². The summed E-state index contributed by atoms with van der Waals surface area (Å²) in [5.41, 5.74) is 5.72. The number of carbonyl (C=O) groups is 1. The Balaban J connectivity index is 1.88. The van der Waals surface area contributed by atoms with E-state index in [0.29, 0.717) is 25.7 Å². The van der Waals surface area contributed by atoms with Gasteiger partial charge < -0.3 is 20.5 Å². The van der Waals surface area contributed by atoms with Crippen LogP contribution < -0.4 is 11.1 Å². The van der Waals surface area contributed by atoms with Crippen LogP contribution in [0.25, 0.3) is 0 Å². The van der Waals surface area contributed by atoms with Gasteiger partial charge in [-0.05, 0) is 18.8 Å². The van der Waals surface area contributed by atoms with Crippen LogP contribution >= 0.6 is 0 Å². The summed E-state index contributed by atoms with van der Waals surface area (Å²) in [6.45, 7) is 1.40. The van der Waals surface area contributed by atoms with E-state index in [1.165, 1.54) is 19.1 Å². The Bertz CT molecular complexity index is 298. The topological polar surface area (TPSA) is 73.6 Å². The Labute approximate surface area is 101 Å². The van der Waals surface area contributed by atoms with Gasteiger partial charge in [0.25, 0.3) is 5.91 Å². The third kappa shape index (κ3) is 3.12. The molecule has 1 aliphatic heterocycles. The van der Waals surface area contributed by atoms with Crippen LogP contribution in [0.1, 0.15) is 25.7 Å². The first kappa shape index (κ1) is 12.2. The van der Waals surface area contributed by atoms with E-state index in [-0.39, 0.29) is 17.7 Å². The fourth-order valence-corrected chi connectivity index (χ4v) is 2.46. The Morgan fingerprint density at radius 3 is 2.82 bits per heavy atom. The molecule has 1 saturated carbocycles. The average Bonchev–Trinajstić information content (AvgIpc) is 2.90. The molecule has 1 amide bonds. The van der Waals surface area contributed by atoms with Gasteiger partial charge in [-0.1, -0.05) is 12.8 Å². The summed E-state index contributed by atoms with van der Waals surface area (Å²) >= 11 is 0. The lowest BCUT2D eigenvalue weighted by molar-refractivity contribution is -0.123. The maximum atomic E-state index is 11.9. The summed E-state index contributed by atoms with van der Waals surface area (Å²) in [5, 5.41) is 2.94. The maximum Gasteiger partial charge on any atom is 0.289 e. The third-order valence-electron chi connectivity index (χ3n) is 3.41. The zero-order valence-electron chi connectivity index (χ0n) is 9.98. The van der Waals surface area contributed by atoms with Crippen molar-refractivity contribution in [1.82, 2.24) is 5.32 Å². The van der Waals surface area contributed by atoms with Crippen LogP contribution in [0.4, 0.5) is 0 Å². The Morgan fingerprint density at radius 2 is 2.24 bits per heavy atom. The molecule has 1 unspecified atom stereocenters. The predicted molar refractivity (Wildman–Crippen MR) is 62.9 cm³/mol. The summed E-state index contributed by atoms with van der Waals surface area (Å²) in [6, 6.07) is 0.0522. The molecule has 1 aliphatic carbocycles. The number of ether oxygens (including phenoxy) is 2. The Morgan fingerprint density at radius 1 is 1.47 bits per heavy atom. The first-order chi connectivity index (χ1) is 8.31. The predicted octanol–water partition coefficient (Wildman–Crippen LogP) is 0.508. The standard InChI is InChI=1S/C12H20N2O3/c13-7-10(9-3-1-2-4-9)14-12(15)11-8-16-5-6-17-11/h8-10H,1-7,13H2,(H,14,15). The molecule has 1 heterocycles. The highest BCUT2D eigenvalue weighted by molar-refractivity contribution is 5.91. The maximum absolute atomic E-state index is 11.9. The molecule has 2 rings (SSSR count). The molecule has 0 spiro atoms. The normalized spacial score (nSPS) is 22.3. The Hall–Kier alpha value is -1.23. The van der Waals surface area contributed by atoms with E-state index >= 15 is 0 Å². The van der Waals surface area contributed by atoms with Crippen LogP contribution in [0, 0.1) is 5.92 Å². The monoisotopic (exact) mass is 240 g/mol. The molecule has 1 fully saturated rings. The molecule has 96 valence electrons. The number of rotatable bonds is 4. The summed E-state index contributed by atoms with van der Waals surface area (Å²) in [6.07, 6.45) is 6.15. The minimum Gasteiger partial charge on any atom is -0.494 e. The molecule has 0 aromatic carbocycles. The molecular formula is C12H20N2O3. The molecule has 0 radical (unpaired) electrons. The van der Waals surface area contributed by atoms with Gasteiger partial charge in [-0.25, -0.2) is 0 Å². The van der Waals surface area contributed by atoms with Gasteiger partial charge in [0.15, 0.2) is 0 Å². The number of nitrogens with one attached hydrogen (secondary N) is 1. The van der Waals surface area contributed by atoms with Gasteiger partial charge in [0.1, 0.15) is 19.5 Å². The molecule has 0 bridgehead atoms. The molecule has 1 atom stereocenters. The van der Waals surface area contributed by atoms with Gasteiger partial charge in [0, 0.05) is 12.6 Å². The van der Waals surface area contributed by atoms with E-state index in [4.69, 9.17) is 15.2 Å². The fourth-order valence-electron chi connectivity index (χ4n) is 2.46. The lowest BCUT2D eigenvalue weighted by atomic mass is 9.98.